The second-order valence-corrected chi connectivity index (χ2v) is 3.43. The summed E-state index contributed by atoms with van der Waals surface area (Å²) in [6.45, 7) is 3.01. The largest absolute Gasteiger partial charge is 0.370 e. The Kier molecular flexibility index (Phi) is 3.42. The standard InChI is InChI=1S/C9H15FN2O/c1-7(5-9(11)13)12-4-2-3-8(10)6-12/h3,7H,2,4-6H2,1H3,(H2,11,13). The first kappa shape index (κ1) is 10.2. The minimum atomic E-state index is -0.331. The van der Waals surface area contributed by atoms with Gasteiger partial charge >= 0.3 is 0 Å². The minimum absolute atomic E-state index is 0.0388. The van der Waals surface area contributed by atoms with E-state index >= 15 is 0 Å². The summed E-state index contributed by atoms with van der Waals surface area (Å²) in [4.78, 5) is 12.6. The number of nitrogens with zero attached hydrogens (tertiary/aromatic N) is 1. The first-order chi connectivity index (χ1) is 6.09. The van der Waals surface area contributed by atoms with E-state index in [4.69, 9.17) is 5.73 Å². The van der Waals surface area contributed by atoms with Crippen LogP contribution in [0.2, 0.25) is 0 Å². The Hall–Kier alpha value is -0.900. The van der Waals surface area contributed by atoms with Crippen LogP contribution in [0.4, 0.5) is 4.39 Å². The van der Waals surface area contributed by atoms with E-state index in [0.29, 0.717) is 13.0 Å². The molecule has 0 radical (unpaired) electrons. The van der Waals surface area contributed by atoms with E-state index in [9.17, 15) is 9.18 Å². The fraction of sp³-hybridized carbons (Fsp3) is 0.667. The van der Waals surface area contributed by atoms with E-state index in [1.807, 2.05) is 11.8 Å². The van der Waals surface area contributed by atoms with Crippen molar-refractivity contribution in [2.45, 2.75) is 25.8 Å². The van der Waals surface area contributed by atoms with Crippen molar-refractivity contribution in [1.82, 2.24) is 4.90 Å². The first-order valence-electron chi connectivity index (χ1n) is 4.46. The molecule has 0 saturated carbocycles. The molecule has 1 amide bonds. The van der Waals surface area contributed by atoms with Crippen molar-refractivity contribution in [3.8, 4) is 0 Å². The van der Waals surface area contributed by atoms with Gasteiger partial charge in [0, 0.05) is 19.0 Å². The molecule has 1 aliphatic heterocycles. The van der Waals surface area contributed by atoms with Crippen molar-refractivity contribution in [3.05, 3.63) is 11.9 Å². The van der Waals surface area contributed by atoms with E-state index in [2.05, 4.69) is 0 Å². The Morgan fingerprint density at radius 3 is 3.08 bits per heavy atom. The molecule has 1 rings (SSSR count). The third-order valence-corrected chi connectivity index (χ3v) is 2.26. The molecule has 0 fully saturated rings. The molecule has 2 N–H and O–H groups in total. The number of amides is 1. The van der Waals surface area contributed by atoms with Crippen molar-refractivity contribution in [2.75, 3.05) is 13.1 Å². The van der Waals surface area contributed by atoms with Crippen LogP contribution in [0, 0.1) is 0 Å². The molecule has 1 heterocycles. The average molecular weight is 186 g/mol. The highest BCUT2D eigenvalue weighted by atomic mass is 19.1. The molecule has 0 saturated heterocycles. The molecule has 0 aliphatic carbocycles. The molecule has 1 aliphatic rings. The Morgan fingerprint density at radius 2 is 2.54 bits per heavy atom. The number of carbonyl (C=O) groups is 1. The molecular formula is C9H15FN2O. The summed E-state index contributed by atoms with van der Waals surface area (Å²) in [5, 5.41) is 0. The minimum Gasteiger partial charge on any atom is -0.370 e. The number of halogens is 1. The lowest BCUT2D eigenvalue weighted by atomic mass is 10.1. The van der Waals surface area contributed by atoms with Crippen LogP contribution in [-0.2, 0) is 4.79 Å². The lowest BCUT2D eigenvalue weighted by molar-refractivity contribution is -0.119. The summed E-state index contributed by atoms with van der Waals surface area (Å²) < 4.78 is 12.8. The highest BCUT2D eigenvalue weighted by Gasteiger charge is 2.19. The van der Waals surface area contributed by atoms with Gasteiger partial charge in [-0.05, 0) is 13.3 Å². The van der Waals surface area contributed by atoms with Crippen LogP contribution in [-0.4, -0.2) is 29.9 Å². The van der Waals surface area contributed by atoms with Crippen molar-refractivity contribution >= 4 is 5.91 Å². The molecular weight excluding hydrogens is 171 g/mol. The summed E-state index contributed by atoms with van der Waals surface area (Å²) in [6, 6.07) is 0.0388. The van der Waals surface area contributed by atoms with Crippen molar-refractivity contribution in [1.29, 1.82) is 0 Å². The quantitative estimate of drug-likeness (QED) is 0.709. The molecule has 0 aromatic rings. The molecule has 1 unspecified atom stereocenters. The van der Waals surface area contributed by atoms with Gasteiger partial charge in [0.25, 0.3) is 0 Å². The lowest BCUT2D eigenvalue weighted by Crippen LogP contribution is -2.39. The van der Waals surface area contributed by atoms with Gasteiger partial charge in [0.1, 0.15) is 5.83 Å². The fourth-order valence-corrected chi connectivity index (χ4v) is 1.52. The zero-order valence-corrected chi connectivity index (χ0v) is 7.79. The third kappa shape index (κ3) is 3.14. The van der Waals surface area contributed by atoms with Crippen LogP contribution < -0.4 is 5.73 Å². The molecule has 3 nitrogen and oxygen atoms in total. The van der Waals surface area contributed by atoms with Gasteiger partial charge in [-0.15, -0.1) is 0 Å². The summed E-state index contributed by atoms with van der Waals surface area (Å²) >= 11 is 0. The molecule has 0 spiro atoms. The van der Waals surface area contributed by atoms with Crippen molar-refractivity contribution in [3.63, 3.8) is 0 Å². The van der Waals surface area contributed by atoms with E-state index < -0.39 is 0 Å². The third-order valence-electron chi connectivity index (χ3n) is 2.26. The fourth-order valence-electron chi connectivity index (χ4n) is 1.52. The smallest absolute Gasteiger partial charge is 0.218 e. The molecule has 13 heavy (non-hydrogen) atoms. The predicted octanol–water partition coefficient (Wildman–Crippen LogP) is 0.809. The maximum atomic E-state index is 12.8. The highest BCUT2D eigenvalue weighted by molar-refractivity contribution is 5.74. The van der Waals surface area contributed by atoms with Crippen LogP contribution in [0.3, 0.4) is 0 Å². The number of hydrogen-bond acceptors (Lipinski definition) is 2. The number of carbonyl (C=O) groups excluding carboxylic acids is 1. The Morgan fingerprint density at radius 1 is 1.85 bits per heavy atom. The first-order valence-corrected chi connectivity index (χ1v) is 4.46. The van der Waals surface area contributed by atoms with Gasteiger partial charge in [0.2, 0.25) is 5.91 Å². The van der Waals surface area contributed by atoms with E-state index in [-0.39, 0.29) is 17.8 Å². The Balaban J connectivity index is 2.43. The van der Waals surface area contributed by atoms with Crippen LogP contribution in [0.15, 0.2) is 11.9 Å². The summed E-state index contributed by atoms with van der Waals surface area (Å²) in [6.07, 6.45) is 2.61. The average Bonchev–Trinajstić information content (AvgIpc) is 2.03. The van der Waals surface area contributed by atoms with Gasteiger partial charge in [-0.2, -0.15) is 0 Å². The zero-order valence-electron chi connectivity index (χ0n) is 7.79. The van der Waals surface area contributed by atoms with Crippen LogP contribution in [0.5, 0.6) is 0 Å². The van der Waals surface area contributed by atoms with E-state index in [1.165, 1.54) is 0 Å². The predicted molar refractivity (Wildman–Crippen MR) is 48.7 cm³/mol. The number of primary amides is 1. The zero-order chi connectivity index (χ0) is 9.84. The van der Waals surface area contributed by atoms with E-state index in [1.54, 1.807) is 6.08 Å². The summed E-state index contributed by atoms with van der Waals surface area (Å²) in [7, 11) is 0. The summed E-state index contributed by atoms with van der Waals surface area (Å²) in [5.74, 6) is -0.440. The number of rotatable bonds is 3. The molecule has 0 bridgehead atoms. The van der Waals surface area contributed by atoms with Crippen LogP contribution in [0.25, 0.3) is 0 Å². The van der Waals surface area contributed by atoms with Gasteiger partial charge < -0.3 is 5.73 Å². The van der Waals surface area contributed by atoms with Gasteiger partial charge in [-0.25, -0.2) is 4.39 Å². The molecule has 4 heteroatoms. The maximum Gasteiger partial charge on any atom is 0.218 e. The van der Waals surface area contributed by atoms with Crippen LogP contribution >= 0.6 is 0 Å². The lowest BCUT2D eigenvalue weighted by Gasteiger charge is -2.29. The number of nitrogens with two attached hydrogens (primary N) is 1. The van der Waals surface area contributed by atoms with E-state index in [0.717, 1.165) is 13.0 Å². The highest BCUT2D eigenvalue weighted by Crippen LogP contribution is 2.14. The Labute approximate surface area is 77.4 Å². The topological polar surface area (TPSA) is 46.3 Å². The van der Waals surface area contributed by atoms with Crippen molar-refractivity contribution in [2.24, 2.45) is 5.73 Å². The van der Waals surface area contributed by atoms with Crippen LogP contribution in [0.1, 0.15) is 19.8 Å². The summed E-state index contributed by atoms with van der Waals surface area (Å²) in [5.41, 5.74) is 5.06. The number of hydrogen-bond donors (Lipinski definition) is 1. The SMILES string of the molecule is CC(CC(N)=O)N1CCC=C(F)C1. The second kappa shape index (κ2) is 4.37. The molecule has 0 aromatic carbocycles. The molecule has 1 atom stereocenters. The second-order valence-electron chi connectivity index (χ2n) is 3.43. The molecule has 0 aromatic heterocycles. The normalized spacial score (nSPS) is 20.9. The van der Waals surface area contributed by atoms with Gasteiger partial charge in [0.05, 0.1) is 6.54 Å². The van der Waals surface area contributed by atoms with Crippen molar-refractivity contribution < 1.29 is 9.18 Å². The van der Waals surface area contributed by atoms with Gasteiger partial charge in [0.15, 0.2) is 0 Å². The van der Waals surface area contributed by atoms with Gasteiger partial charge in [-0.3, -0.25) is 9.69 Å². The van der Waals surface area contributed by atoms with Gasteiger partial charge in [-0.1, -0.05) is 6.08 Å². The monoisotopic (exact) mass is 186 g/mol. The Bertz CT molecular complexity index is 228. The molecule has 74 valence electrons. The maximum absolute atomic E-state index is 12.8.